The first-order valence-electron chi connectivity index (χ1n) is 12.7. The molecule has 1 atom stereocenters. The molecule has 7 nitrogen and oxygen atoms in total. The number of pyridine rings is 1. The molecule has 0 radical (unpaired) electrons. The number of anilines is 1. The summed E-state index contributed by atoms with van der Waals surface area (Å²) in [6, 6.07) is 14.9. The number of furan rings is 1. The molecule has 0 aliphatic carbocycles. The third kappa shape index (κ3) is 7.97. The molecule has 0 unspecified atom stereocenters. The molecule has 0 spiro atoms. The molecule has 210 valence electrons. The van der Waals surface area contributed by atoms with Crippen LogP contribution in [-0.2, 0) is 12.3 Å². The lowest BCUT2D eigenvalue weighted by molar-refractivity contribution is -0.176. The van der Waals surface area contributed by atoms with Crippen LogP contribution in [0.4, 0.5) is 10.1 Å². The summed E-state index contributed by atoms with van der Waals surface area (Å²) < 4.78 is 22.0. The number of rotatable bonds is 7. The van der Waals surface area contributed by atoms with Crippen LogP contribution in [0.5, 0.6) is 0 Å². The Morgan fingerprint density at radius 2 is 1.90 bits per heavy atom. The van der Waals surface area contributed by atoms with Crippen molar-refractivity contribution in [2.75, 3.05) is 37.7 Å². The van der Waals surface area contributed by atoms with Crippen molar-refractivity contribution in [2.45, 2.75) is 31.1 Å². The highest BCUT2D eigenvalue weighted by Gasteiger charge is 2.24. The second-order valence-corrected chi connectivity index (χ2v) is 10.3. The first-order chi connectivity index (χ1) is 19.0. The fourth-order valence-corrected chi connectivity index (χ4v) is 5.26. The van der Waals surface area contributed by atoms with Gasteiger partial charge in [-0.3, -0.25) is 15.5 Å². The summed E-state index contributed by atoms with van der Waals surface area (Å²) in [6.07, 6.45) is 8.02. The van der Waals surface area contributed by atoms with E-state index in [4.69, 9.17) is 14.9 Å². The number of nitrogens with one attached hydrogen (secondary N) is 2. The number of hydrogen-bond acceptors (Lipinski definition) is 9. The first kappa shape index (κ1) is 30.9. The minimum absolute atomic E-state index is 0.240. The minimum atomic E-state index is -0.240. The Kier molecular flexibility index (Phi) is 12.6. The Bertz CT molecular complexity index is 1280. The van der Waals surface area contributed by atoms with Crippen molar-refractivity contribution in [1.82, 2.24) is 15.6 Å². The van der Waals surface area contributed by atoms with Gasteiger partial charge in [-0.2, -0.15) is 12.6 Å². The third-order valence-electron chi connectivity index (χ3n) is 6.68. The Morgan fingerprint density at radius 1 is 1.18 bits per heavy atom. The van der Waals surface area contributed by atoms with Crippen molar-refractivity contribution in [3.63, 3.8) is 0 Å². The van der Waals surface area contributed by atoms with E-state index in [1.807, 2.05) is 19.2 Å². The van der Waals surface area contributed by atoms with Crippen LogP contribution in [0.1, 0.15) is 35.4 Å². The van der Waals surface area contributed by atoms with Gasteiger partial charge in [0.2, 0.25) is 0 Å². The molecule has 0 amide bonds. The predicted molar refractivity (Wildman–Crippen MR) is 163 cm³/mol. The normalized spacial score (nSPS) is 14.7. The van der Waals surface area contributed by atoms with Gasteiger partial charge in [0.05, 0.1) is 5.69 Å². The van der Waals surface area contributed by atoms with Crippen molar-refractivity contribution >= 4 is 41.2 Å². The number of benzene rings is 2. The van der Waals surface area contributed by atoms with Crippen LogP contribution in [0, 0.1) is 5.82 Å². The smallest absolute Gasteiger partial charge is 0.139 e. The van der Waals surface area contributed by atoms with Crippen LogP contribution >= 0.6 is 24.6 Å². The Morgan fingerprint density at radius 3 is 2.46 bits per heavy atom. The SMILES string of the molecule is CNCc1c(-c2ccc(F)cc2)oc2cc(N(C)SC)c([C@@H]3CCCNC3)cc12.OO.SCc1ccncc1. The van der Waals surface area contributed by atoms with Gasteiger partial charge in [0.25, 0.3) is 0 Å². The molecule has 4 N–H and O–H groups in total. The maximum absolute atomic E-state index is 13.4. The molecular formula is C29H37FN4O3S2. The molecule has 1 fully saturated rings. The summed E-state index contributed by atoms with van der Waals surface area (Å²) in [5.41, 5.74) is 6.67. The highest BCUT2D eigenvalue weighted by Crippen LogP contribution is 2.41. The van der Waals surface area contributed by atoms with E-state index in [9.17, 15) is 4.39 Å². The first-order valence-corrected chi connectivity index (χ1v) is 14.5. The lowest BCUT2D eigenvalue weighted by Gasteiger charge is -2.28. The van der Waals surface area contributed by atoms with E-state index in [-0.39, 0.29) is 5.82 Å². The van der Waals surface area contributed by atoms with E-state index >= 15 is 0 Å². The molecule has 0 saturated carbocycles. The van der Waals surface area contributed by atoms with Crippen molar-refractivity contribution in [1.29, 1.82) is 0 Å². The van der Waals surface area contributed by atoms with Gasteiger partial charge in [0.15, 0.2) is 0 Å². The second-order valence-electron chi connectivity index (χ2n) is 9.09. The molecule has 3 heterocycles. The fourth-order valence-electron chi connectivity index (χ4n) is 4.69. The maximum Gasteiger partial charge on any atom is 0.139 e. The van der Waals surface area contributed by atoms with E-state index in [0.29, 0.717) is 12.5 Å². The monoisotopic (exact) mass is 572 g/mol. The quantitative estimate of drug-likeness (QED) is 0.0726. The van der Waals surface area contributed by atoms with E-state index in [2.05, 4.69) is 58.0 Å². The summed E-state index contributed by atoms with van der Waals surface area (Å²) in [6.45, 7) is 2.79. The molecule has 1 aliphatic heterocycles. The average molecular weight is 573 g/mol. The van der Waals surface area contributed by atoms with Crippen molar-refractivity contribution < 1.29 is 19.3 Å². The van der Waals surface area contributed by atoms with Gasteiger partial charge in [-0.25, -0.2) is 4.39 Å². The molecular weight excluding hydrogens is 535 g/mol. The van der Waals surface area contributed by atoms with Crippen molar-refractivity contribution in [3.05, 3.63) is 83.4 Å². The van der Waals surface area contributed by atoms with Crippen LogP contribution in [0.15, 0.2) is 65.3 Å². The van der Waals surface area contributed by atoms with Crippen molar-refractivity contribution in [2.24, 2.45) is 0 Å². The van der Waals surface area contributed by atoms with Crippen LogP contribution in [-0.4, -0.2) is 48.9 Å². The zero-order valence-electron chi connectivity index (χ0n) is 22.5. The molecule has 10 heteroatoms. The summed E-state index contributed by atoms with van der Waals surface area (Å²) in [7, 11) is 4.04. The summed E-state index contributed by atoms with van der Waals surface area (Å²) >= 11 is 5.78. The third-order valence-corrected chi connectivity index (χ3v) is 7.79. The number of nitrogens with zero attached hydrogens (tertiary/aromatic N) is 2. The zero-order valence-corrected chi connectivity index (χ0v) is 24.2. The van der Waals surface area contributed by atoms with Crippen LogP contribution in [0.25, 0.3) is 22.3 Å². The van der Waals surface area contributed by atoms with Gasteiger partial charge in [-0.15, -0.1) is 0 Å². The zero-order chi connectivity index (χ0) is 28.2. The van der Waals surface area contributed by atoms with E-state index in [1.54, 1.807) is 36.5 Å². The molecule has 39 heavy (non-hydrogen) atoms. The lowest BCUT2D eigenvalue weighted by atomic mass is 9.89. The Labute approximate surface area is 239 Å². The molecule has 2 aromatic carbocycles. The number of thiol groups is 1. The minimum Gasteiger partial charge on any atom is -0.456 e. The van der Waals surface area contributed by atoms with Gasteiger partial charge >= 0.3 is 0 Å². The maximum atomic E-state index is 13.4. The number of hydrogen-bond donors (Lipinski definition) is 5. The molecule has 5 rings (SSSR count). The molecule has 4 aromatic rings. The van der Waals surface area contributed by atoms with Gasteiger partial charge in [0.1, 0.15) is 17.2 Å². The van der Waals surface area contributed by atoms with Crippen LogP contribution in [0.3, 0.4) is 0 Å². The summed E-state index contributed by atoms with van der Waals surface area (Å²) in [4.78, 5) is 3.86. The summed E-state index contributed by atoms with van der Waals surface area (Å²) in [5.74, 6) is 1.86. The van der Waals surface area contributed by atoms with Gasteiger partial charge in [0, 0.05) is 67.1 Å². The molecule has 1 aliphatic rings. The second kappa shape index (κ2) is 15.9. The number of fused-ring (bicyclic) bond motifs is 1. The van der Waals surface area contributed by atoms with E-state index in [0.717, 1.165) is 46.7 Å². The molecule has 2 aromatic heterocycles. The fraction of sp³-hybridized carbons (Fsp3) is 0.345. The van der Waals surface area contributed by atoms with Gasteiger partial charge in [-0.05, 0) is 85.9 Å². The average Bonchev–Trinajstić information content (AvgIpc) is 3.36. The topological polar surface area (TPSA) is 93.8 Å². The van der Waals surface area contributed by atoms with E-state index in [1.165, 1.54) is 41.8 Å². The van der Waals surface area contributed by atoms with E-state index < -0.39 is 0 Å². The highest BCUT2D eigenvalue weighted by molar-refractivity contribution is 7.99. The number of aromatic nitrogens is 1. The number of piperidine rings is 1. The standard InChI is InChI=1S/C23H28FN3OS.C6H7NS.H2O2/c1-25-14-20-19-11-18(16-5-4-10-26-13-16)21(27(2)29-3)12-22(19)28-23(20)15-6-8-17(24)9-7-15;8-5-6-1-3-7-4-2-6;1-2/h6-9,11-12,16,25-26H,4-5,10,13-14H2,1-3H3;1-4,8H,5H2;1-2H/t16-;;/m1../s1. The Hall–Kier alpha value is -2.60. The van der Waals surface area contributed by atoms with Crippen molar-refractivity contribution in [3.8, 4) is 11.3 Å². The van der Waals surface area contributed by atoms with Gasteiger partial charge < -0.3 is 19.4 Å². The summed E-state index contributed by atoms with van der Waals surface area (Å²) in [5, 5.41) is 20.0. The highest BCUT2D eigenvalue weighted by atomic mass is 32.2. The molecule has 1 saturated heterocycles. The largest absolute Gasteiger partial charge is 0.456 e. The lowest BCUT2D eigenvalue weighted by Crippen LogP contribution is -2.29. The predicted octanol–water partition coefficient (Wildman–Crippen LogP) is 6.67. The van der Waals surface area contributed by atoms with Crippen LogP contribution in [0.2, 0.25) is 0 Å². The van der Waals surface area contributed by atoms with Crippen LogP contribution < -0.4 is 14.9 Å². The van der Waals surface area contributed by atoms with Gasteiger partial charge in [-0.1, -0.05) is 11.9 Å². The molecule has 0 bridgehead atoms. The Balaban J connectivity index is 0.000000357. The number of halogens is 1.